The van der Waals surface area contributed by atoms with Crippen molar-refractivity contribution in [2.75, 3.05) is 11.5 Å². The number of aryl methyl sites for hydroxylation is 2. The molecule has 202 valence electrons. The predicted molar refractivity (Wildman–Crippen MR) is 156 cm³/mol. The Hall–Kier alpha value is -4.62. The summed E-state index contributed by atoms with van der Waals surface area (Å²) in [5.74, 6) is -0.804. The zero-order valence-corrected chi connectivity index (χ0v) is 23.0. The van der Waals surface area contributed by atoms with Gasteiger partial charge in [-0.3, -0.25) is 14.9 Å². The molecule has 7 nitrogen and oxygen atoms in total. The molecule has 0 bridgehead atoms. The molecule has 1 aliphatic heterocycles. The number of anilines is 1. The lowest BCUT2D eigenvalue weighted by Gasteiger charge is -2.27. The van der Waals surface area contributed by atoms with Crippen LogP contribution < -0.4 is 19.7 Å². The molecule has 1 N–H and O–H groups in total. The Morgan fingerprint density at radius 2 is 1.65 bits per heavy atom. The molecular weight excluding hydrogens is 528 g/mol. The van der Waals surface area contributed by atoms with Crippen LogP contribution in [-0.4, -0.2) is 24.5 Å². The Morgan fingerprint density at radius 3 is 2.40 bits per heavy atom. The number of amides is 4. The van der Waals surface area contributed by atoms with Gasteiger partial charge in [0.2, 0.25) is 0 Å². The molecule has 0 aliphatic carbocycles. The van der Waals surface area contributed by atoms with Gasteiger partial charge < -0.3 is 9.47 Å². The van der Waals surface area contributed by atoms with Gasteiger partial charge >= 0.3 is 6.03 Å². The molecule has 0 saturated carbocycles. The molecule has 0 spiro atoms. The summed E-state index contributed by atoms with van der Waals surface area (Å²) >= 11 is 6.62. The first-order valence-corrected chi connectivity index (χ1v) is 13.2. The first-order valence-electron chi connectivity index (χ1n) is 12.8. The van der Waals surface area contributed by atoms with Gasteiger partial charge in [-0.2, -0.15) is 0 Å². The average molecular weight is 555 g/mol. The number of nitrogens with zero attached hydrogens (tertiary/aromatic N) is 1. The molecule has 4 aromatic carbocycles. The van der Waals surface area contributed by atoms with E-state index in [-0.39, 0.29) is 17.2 Å². The maximum absolute atomic E-state index is 13.3. The first kappa shape index (κ1) is 27.0. The third-order valence-corrected chi connectivity index (χ3v) is 6.97. The van der Waals surface area contributed by atoms with Crippen molar-refractivity contribution in [1.29, 1.82) is 0 Å². The van der Waals surface area contributed by atoms with Crippen LogP contribution in [0.15, 0.2) is 78.4 Å². The number of hydrogen-bond acceptors (Lipinski definition) is 5. The Labute approximate surface area is 237 Å². The van der Waals surface area contributed by atoms with Crippen LogP contribution in [0.3, 0.4) is 0 Å². The molecule has 0 unspecified atom stereocenters. The second kappa shape index (κ2) is 11.2. The summed E-state index contributed by atoms with van der Waals surface area (Å²) in [7, 11) is 0. The lowest BCUT2D eigenvalue weighted by Crippen LogP contribution is -2.54. The van der Waals surface area contributed by atoms with Crippen molar-refractivity contribution in [2.45, 2.75) is 27.4 Å². The first-order chi connectivity index (χ1) is 19.2. The average Bonchev–Trinajstić information content (AvgIpc) is 2.92. The van der Waals surface area contributed by atoms with E-state index in [2.05, 4.69) is 11.4 Å². The summed E-state index contributed by atoms with van der Waals surface area (Å²) in [5.41, 5.74) is 3.49. The van der Waals surface area contributed by atoms with Gasteiger partial charge in [-0.25, -0.2) is 9.69 Å². The number of imide groups is 2. The maximum atomic E-state index is 13.3. The molecule has 4 aromatic rings. The summed E-state index contributed by atoms with van der Waals surface area (Å²) in [6.07, 6.45) is 1.39. The Kier molecular flexibility index (Phi) is 7.58. The number of halogens is 1. The second-order valence-corrected chi connectivity index (χ2v) is 9.87. The highest BCUT2D eigenvalue weighted by atomic mass is 35.5. The van der Waals surface area contributed by atoms with Crippen LogP contribution in [0.25, 0.3) is 16.8 Å². The van der Waals surface area contributed by atoms with Crippen LogP contribution >= 0.6 is 11.6 Å². The summed E-state index contributed by atoms with van der Waals surface area (Å²) in [6, 6.07) is 21.8. The van der Waals surface area contributed by atoms with Crippen LogP contribution in [0.5, 0.6) is 11.5 Å². The molecule has 1 fully saturated rings. The van der Waals surface area contributed by atoms with Gasteiger partial charge in [0.15, 0.2) is 11.5 Å². The molecule has 5 rings (SSSR count). The van der Waals surface area contributed by atoms with Crippen LogP contribution in [0.2, 0.25) is 5.02 Å². The van der Waals surface area contributed by atoms with E-state index in [0.717, 1.165) is 32.4 Å². The maximum Gasteiger partial charge on any atom is 0.335 e. The molecule has 0 radical (unpaired) electrons. The molecule has 0 aromatic heterocycles. The normalized spacial score (nSPS) is 14.6. The molecule has 1 aliphatic rings. The molecule has 8 heteroatoms. The molecule has 1 saturated heterocycles. The minimum Gasteiger partial charge on any atom is -0.490 e. The zero-order valence-electron chi connectivity index (χ0n) is 22.3. The number of hydrogen-bond donors (Lipinski definition) is 1. The lowest BCUT2D eigenvalue weighted by atomic mass is 10.0. The lowest BCUT2D eigenvalue weighted by molar-refractivity contribution is -0.122. The number of fused-ring (bicyclic) bond motifs is 1. The highest BCUT2D eigenvalue weighted by Crippen LogP contribution is 2.38. The van der Waals surface area contributed by atoms with E-state index in [1.807, 2.05) is 63.2 Å². The summed E-state index contributed by atoms with van der Waals surface area (Å²) in [4.78, 5) is 39.6. The van der Waals surface area contributed by atoms with E-state index >= 15 is 0 Å². The van der Waals surface area contributed by atoms with Gasteiger partial charge in [-0.15, -0.1) is 0 Å². The van der Waals surface area contributed by atoms with Gasteiger partial charge in [-0.1, -0.05) is 54.1 Å². The fraction of sp³-hybridized carbons (Fsp3) is 0.156. The van der Waals surface area contributed by atoms with E-state index in [1.54, 1.807) is 24.3 Å². The quantitative estimate of drug-likeness (QED) is 0.202. The number of nitrogens with one attached hydrogen (secondary N) is 1. The van der Waals surface area contributed by atoms with E-state index in [1.165, 1.54) is 6.08 Å². The minimum absolute atomic E-state index is 0.207. The monoisotopic (exact) mass is 554 g/mol. The Morgan fingerprint density at radius 1 is 0.875 bits per heavy atom. The summed E-state index contributed by atoms with van der Waals surface area (Å²) in [6.45, 7) is 6.25. The van der Waals surface area contributed by atoms with E-state index < -0.39 is 17.8 Å². The van der Waals surface area contributed by atoms with Crippen LogP contribution in [-0.2, 0) is 16.2 Å². The van der Waals surface area contributed by atoms with Crippen molar-refractivity contribution in [3.8, 4) is 11.5 Å². The number of ether oxygens (including phenoxy) is 2. The van der Waals surface area contributed by atoms with Crippen LogP contribution in [0, 0.1) is 13.8 Å². The third-order valence-electron chi connectivity index (χ3n) is 6.69. The molecule has 0 atom stereocenters. The molecule has 40 heavy (non-hydrogen) atoms. The van der Waals surface area contributed by atoms with Crippen molar-refractivity contribution in [1.82, 2.24) is 5.32 Å². The summed E-state index contributed by atoms with van der Waals surface area (Å²) in [5, 5.41) is 4.74. The van der Waals surface area contributed by atoms with Gasteiger partial charge in [-0.05, 0) is 90.2 Å². The summed E-state index contributed by atoms with van der Waals surface area (Å²) < 4.78 is 11.9. The third kappa shape index (κ3) is 5.42. The second-order valence-electron chi connectivity index (χ2n) is 9.46. The van der Waals surface area contributed by atoms with Crippen LogP contribution in [0.4, 0.5) is 10.5 Å². The number of urea groups is 1. The van der Waals surface area contributed by atoms with Crippen molar-refractivity contribution < 1.29 is 23.9 Å². The van der Waals surface area contributed by atoms with Gasteiger partial charge in [0, 0.05) is 0 Å². The minimum atomic E-state index is -0.805. The van der Waals surface area contributed by atoms with Crippen molar-refractivity contribution >= 4 is 52.0 Å². The van der Waals surface area contributed by atoms with Crippen LogP contribution in [0.1, 0.15) is 29.2 Å². The largest absolute Gasteiger partial charge is 0.490 e. The fourth-order valence-corrected chi connectivity index (χ4v) is 4.76. The van der Waals surface area contributed by atoms with E-state index in [4.69, 9.17) is 21.1 Å². The highest BCUT2D eigenvalue weighted by molar-refractivity contribution is 6.39. The number of rotatable bonds is 7. The zero-order chi connectivity index (χ0) is 28.4. The molecule has 1 heterocycles. The fourth-order valence-electron chi connectivity index (χ4n) is 4.48. The highest BCUT2D eigenvalue weighted by Gasteiger charge is 2.37. The van der Waals surface area contributed by atoms with Crippen molar-refractivity contribution in [2.24, 2.45) is 0 Å². The molecule has 4 amide bonds. The van der Waals surface area contributed by atoms with Crippen molar-refractivity contribution in [3.05, 3.63) is 106 Å². The number of carbonyl (C=O) groups excluding carboxylic acids is 3. The number of carbonyl (C=O) groups is 3. The Balaban J connectivity index is 1.44. The van der Waals surface area contributed by atoms with E-state index in [0.29, 0.717) is 29.4 Å². The van der Waals surface area contributed by atoms with Gasteiger partial charge in [0.05, 0.1) is 17.3 Å². The topological polar surface area (TPSA) is 84.9 Å². The standard InChI is InChI=1S/C32H27ClN2O5/c1-4-39-28-17-22(16-27(33)29(28)40-18-21-10-11-23-7-5-6-8-24(23)14-21)15-26-30(36)34-32(38)35(31(26)37)25-12-9-19(2)20(3)13-25/h5-17H,4,18H2,1-3H3,(H,34,36,38)/b26-15+. The predicted octanol–water partition coefficient (Wildman–Crippen LogP) is 6.75. The molecular formula is C32H27ClN2O5. The SMILES string of the molecule is CCOc1cc(/C=C2\C(=O)NC(=O)N(c3ccc(C)c(C)c3)C2=O)cc(Cl)c1OCc1ccc2ccccc2c1. The Bertz CT molecular complexity index is 1690. The van der Waals surface area contributed by atoms with E-state index in [9.17, 15) is 14.4 Å². The smallest absolute Gasteiger partial charge is 0.335 e. The number of barbiturate groups is 1. The van der Waals surface area contributed by atoms with Gasteiger partial charge in [0.1, 0.15) is 12.2 Å². The van der Waals surface area contributed by atoms with Crippen molar-refractivity contribution in [3.63, 3.8) is 0 Å². The van der Waals surface area contributed by atoms with Gasteiger partial charge in [0.25, 0.3) is 11.8 Å². The number of benzene rings is 4.